The van der Waals surface area contributed by atoms with Crippen LogP contribution in [0, 0.1) is 6.92 Å². The molecule has 3 nitrogen and oxygen atoms in total. The summed E-state index contributed by atoms with van der Waals surface area (Å²) in [5, 5.41) is 4.94. The van der Waals surface area contributed by atoms with E-state index in [0.717, 1.165) is 27.9 Å². The third kappa shape index (κ3) is 4.25. The molecule has 2 aromatic rings. The molecule has 24 heavy (non-hydrogen) atoms. The van der Waals surface area contributed by atoms with Gasteiger partial charge in [0.05, 0.1) is 0 Å². The lowest BCUT2D eigenvalue weighted by Crippen LogP contribution is -2.41. The van der Waals surface area contributed by atoms with E-state index in [1.165, 1.54) is 31.2 Å². The maximum atomic E-state index is 6.11. The minimum absolute atomic E-state index is 0.506. The van der Waals surface area contributed by atoms with Gasteiger partial charge in [-0.15, -0.1) is 0 Å². The minimum Gasteiger partial charge on any atom is -0.342 e. The Morgan fingerprint density at radius 1 is 1.25 bits per heavy atom. The Hall–Kier alpha value is -1.65. The predicted molar refractivity (Wildman–Crippen MR) is 104 cm³/mol. The number of nitrogens with one attached hydrogen (secondary N) is 1. The highest BCUT2D eigenvalue weighted by Crippen LogP contribution is 2.26. The zero-order valence-corrected chi connectivity index (χ0v) is 15.4. The summed E-state index contributed by atoms with van der Waals surface area (Å²) in [6, 6.07) is 10.5. The van der Waals surface area contributed by atoms with Gasteiger partial charge >= 0.3 is 0 Å². The molecule has 0 bridgehead atoms. The monoisotopic (exact) mass is 359 g/mol. The first kappa shape index (κ1) is 17.2. The fourth-order valence-corrected chi connectivity index (χ4v) is 3.63. The van der Waals surface area contributed by atoms with Gasteiger partial charge in [0.2, 0.25) is 0 Å². The lowest BCUT2D eigenvalue weighted by molar-refractivity contribution is 0.312. The number of aryl methyl sites for hydroxylation is 1. The molecule has 0 saturated heterocycles. The second-order valence-electron chi connectivity index (χ2n) is 6.32. The normalized spacial score (nSPS) is 14.6. The number of hydrogen-bond donors (Lipinski definition) is 1. The largest absolute Gasteiger partial charge is 0.342 e. The van der Waals surface area contributed by atoms with Gasteiger partial charge in [0.15, 0.2) is 5.11 Å². The smallest absolute Gasteiger partial charge is 0.173 e. The summed E-state index contributed by atoms with van der Waals surface area (Å²) < 4.78 is 0. The van der Waals surface area contributed by atoms with Gasteiger partial charge in [-0.05, 0) is 73.4 Å². The van der Waals surface area contributed by atoms with Crippen LogP contribution in [0.15, 0.2) is 42.7 Å². The Kier molecular flexibility index (Phi) is 5.69. The number of anilines is 1. The molecular weight excluding hydrogens is 338 g/mol. The number of thiocarbonyl (C=S) groups is 1. The molecule has 1 aliphatic rings. The van der Waals surface area contributed by atoms with Crippen molar-refractivity contribution in [3.63, 3.8) is 0 Å². The molecule has 0 spiro atoms. The predicted octanol–water partition coefficient (Wildman–Crippen LogP) is 5.19. The van der Waals surface area contributed by atoms with Gasteiger partial charge in [-0.1, -0.05) is 24.4 Å². The molecule has 0 unspecified atom stereocenters. The molecule has 3 rings (SSSR count). The van der Waals surface area contributed by atoms with Crippen molar-refractivity contribution in [1.29, 1.82) is 0 Å². The lowest BCUT2D eigenvalue weighted by atomic mass is 10.1. The first-order chi connectivity index (χ1) is 11.6. The molecule has 1 N–H and O–H groups in total. The van der Waals surface area contributed by atoms with E-state index in [0.29, 0.717) is 6.04 Å². The quantitative estimate of drug-likeness (QED) is 0.761. The van der Waals surface area contributed by atoms with Crippen molar-refractivity contribution in [3.8, 4) is 0 Å². The first-order valence-electron chi connectivity index (χ1n) is 8.36. The van der Waals surface area contributed by atoms with E-state index in [9.17, 15) is 0 Å². The Labute approximate surface area is 154 Å². The average Bonchev–Trinajstić information content (AvgIpc) is 3.11. The zero-order valence-electron chi connectivity index (χ0n) is 13.8. The van der Waals surface area contributed by atoms with E-state index < -0.39 is 0 Å². The van der Waals surface area contributed by atoms with Gasteiger partial charge in [0, 0.05) is 35.7 Å². The molecule has 1 aromatic carbocycles. The first-order valence-corrected chi connectivity index (χ1v) is 9.15. The Bertz CT molecular complexity index is 699. The van der Waals surface area contributed by atoms with Crippen molar-refractivity contribution in [1.82, 2.24) is 9.88 Å². The molecular formula is C19H22ClN3S. The number of hydrogen-bond acceptors (Lipinski definition) is 2. The molecule has 1 aliphatic carbocycles. The van der Waals surface area contributed by atoms with E-state index >= 15 is 0 Å². The van der Waals surface area contributed by atoms with Crippen LogP contribution in [0.25, 0.3) is 0 Å². The lowest BCUT2D eigenvalue weighted by Gasteiger charge is -2.32. The van der Waals surface area contributed by atoms with Crippen LogP contribution in [-0.4, -0.2) is 21.0 Å². The third-order valence-electron chi connectivity index (χ3n) is 4.54. The molecule has 1 saturated carbocycles. The maximum absolute atomic E-state index is 6.11. The van der Waals surface area contributed by atoms with Crippen molar-refractivity contribution in [2.24, 2.45) is 0 Å². The summed E-state index contributed by atoms with van der Waals surface area (Å²) >= 11 is 11.8. The Morgan fingerprint density at radius 2 is 1.96 bits per heavy atom. The molecule has 0 atom stereocenters. The topological polar surface area (TPSA) is 28.2 Å². The van der Waals surface area contributed by atoms with E-state index in [-0.39, 0.29) is 0 Å². The summed E-state index contributed by atoms with van der Waals surface area (Å²) in [7, 11) is 0. The molecule has 1 heterocycles. The number of halogens is 1. The van der Waals surface area contributed by atoms with Crippen LogP contribution in [0.2, 0.25) is 5.02 Å². The molecule has 0 radical (unpaired) electrons. The summed E-state index contributed by atoms with van der Waals surface area (Å²) in [6.07, 6.45) is 8.63. The Balaban J connectivity index is 1.76. The van der Waals surface area contributed by atoms with Crippen LogP contribution in [0.5, 0.6) is 0 Å². The van der Waals surface area contributed by atoms with Crippen LogP contribution in [0.4, 0.5) is 5.69 Å². The molecule has 5 heteroatoms. The van der Waals surface area contributed by atoms with Gasteiger partial charge < -0.3 is 10.2 Å². The highest BCUT2D eigenvalue weighted by atomic mass is 35.5. The molecule has 1 aromatic heterocycles. The Morgan fingerprint density at radius 3 is 2.62 bits per heavy atom. The van der Waals surface area contributed by atoms with E-state index in [4.69, 9.17) is 23.8 Å². The van der Waals surface area contributed by atoms with Crippen LogP contribution < -0.4 is 5.32 Å². The van der Waals surface area contributed by atoms with Gasteiger partial charge in [0.1, 0.15) is 0 Å². The van der Waals surface area contributed by atoms with Crippen molar-refractivity contribution < 1.29 is 0 Å². The van der Waals surface area contributed by atoms with Gasteiger partial charge in [-0.25, -0.2) is 0 Å². The zero-order chi connectivity index (χ0) is 16.9. The van der Waals surface area contributed by atoms with Crippen molar-refractivity contribution in [3.05, 3.63) is 58.9 Å². The summed E-state index contributed by atoms with van der Waals surface area (Å²) in [6.45, 7) is 2.81. The van der Waals surface area contributed by atoms with E-state index in [1.54, 1.807) is 0 Å². The molecule has 0 aliphatic heterocycles. The summed E-state index contributed by atoms with van der Waals surface area (Å²) in [5.41, 5.74) is 3.26. The van der Waals surface area contributed by atoms with Crippen molar-refractivity contribution in [2.45, 2.75) is 45.2 Å². The fourth-order valence-electron chi connectivity index (χ4n) is 3.19. The second-order valence-corrected chi connectivity index (χ2v) is 7.11. The van der Waals surface area contributed by atoms with Crippen LogP contribution in [0.3, 0.4) is 0 Å². The molecule has 126 valence electrons. The minimum atomic E-state index is 0.506. The summed E-state index contributed by atoms with van der Waals surface area (Å²) in [4.78, 5) is 6.42. The maximum Gasteiger partial charge on any atom is 0.173 e. The number of pyridine rings is 1. The van der Waals surface area contributed by atoms with Crippen LogP contribution in [0.1, 0.15) is 36.8 Å². The van der Waals surface area contributed by atoms with Gasteiger partial charge in [-0.3, -0.25) is 4.98 Å². The third-order valence-corrected chi connectivity index (χ3v) is 5.30. The van der Waals surface area contributed by atoms with Crippen molar-refractivity contribution >= 4 is 34.6 Å². The highest BCUT2D eigenvalue weighted by Gasteiger charge is 2.24. The second kappa shape index (κ2) is 7.95. The number of aromatic nitrogens is 1. The number of rotatable bonds is 4. The SMILES string of the molecule is Cc1cc(NC(=S)N(Cc2ccncc2)C2CCCC2)ccc1Cl. The van der Waals surface area contributed by atoms with Crippen LogP contribution >= 0.6 is 23.8 Å². The fraction of sp³-hybridized carbons (Fsp3) is 0.368. The van der Waals surface area contributed by atoms with Crippen LogP contribution in [-0.2, 0) is 6.54 Å². The highest BCUT2D eigenvalue weighted by molar-refractivity contribution is 7.80. The van der Waals surface area contributed by atoms with E-state index in [1.807, 2.05) is 37.5 Å². The van der Waals surface area contributed by atoms with E-state index in [2.05, 4.69) is 27.3 Å². The number of nitrogens with zero attached hydrogens (tertiary/aromatic N) is 2. The molecule has 1 fully saturated rings. The summed E-state index contributed by atoms with van der Waals surface area (Å²) in [5.74, 6) is 0. The van der Waals surface area contributed by atoms with Gasteiger partial charge in [0.25, 0.3) is 0 Å². The average molecular weight is 360 g/mol. The molecule has 0 amide bonds. The standard InChI is InChI=1S/C19H22ClN3S/c1-14-12-16(6-7-18(14)20)22-19(24)23(17-4-2-3-5-17)13-15-8-10-21-11-9-15/h6-12,17H,2-5,13H2,1H3,(H,22,24). The number of benzene rings is 1. The van der Waals surface area contributed by atoms with Crippen molar-refractivity contribution in [2.75, 3.05) is 5.32 Å². The van der Waals surface area contributed by atoms with Gasteiger partial charge in [-0.2, -0.15) is 0 Å².